The molecule has 0 bridgehead atoms. The highest BCUT2D eigenvalue weighted by molar-refractivity contribution is 7.19. The highest BCUT2D eigenvalue weighted by Crippen LogP contribution is 2.38. The van der Waals surface area contributed by atoms with Crippen LogP contribution in [-0.4, -0.2) is 94.5 Å². The van der Waals surface area contributed by atoms with Gasteiger partial charge in [0.1, 0.15) is 0 Å². The van der Waals surface area contributed by atoms with E-state index in [2.05, 4.69) is 66.6 Å². The number of aromatic nitrogens is 4. The first-order valence-electron chi connectivity index (χ1n) is 13.7. The van der Waals surface area contributed by atoms with Crippen molar-refractivity contribution in [3.8, 4) is 0 Å². The molecule has 0 aromatic carbocycles. The number of carbonyl (C=O) groups is 1. The number of likely N-dealkylation sites (N-methyl/N-ethyl adjacent to an activating group) is 1. The highest BCUT2D eigenvalue weighted by atomic mass is 32.1. The Morgan fingerprint density at radius 1 is 1.08 bits per heavy atom. The molecule has 11 heteroatoms. The van der Waals surface area contributed by atoms with Gasteiger partial charge in [0.25, 0.3) is 0 Å². The standard InChI is InChI=1S/C26H41N9OS/c1-26(2)9-6-19(7-10-26)16-34-14-13-33(3)21(18-34)15-23(36)29-25-32-31-24(37-25)28-20-8-12-35(17-20)22-5-4-11-27-30-22/h4-5,11,19-21H,6-10,12-18H2,1-3H3,(H,28,31)(H,29,32,36)/t20-,21-/m1/s1. The molecular formula is C26H41N9OS. The number of hydrogen-bond donors (Lipinski definition) is 2. The Hall–Kier alpha value is -2.37. The molecule has 2 atom stereocenters. The third-order valence-corrected chi connectivity index (χ3v) is 9.10. The van der Waals surface area contributed by atoms with Crippen LogP contribution in [0.15, 0.2) is 18.3 Å². The Kier molecular flexibility index (Phi) is 8.21. The third kappa shape index (κ3) is 7.14. The number of nitrogens with one attached hydrogen (secondary N) is 2. The fourth-order valence-corrected chi connectivity index (χ4v) is 6.58. The van der Waals surface area contributed by atoms with Crippen molar-refractivity contribution in [3.63, 3.8) is 0 Å². The minimum atomic E-state index is 0.00973. The molecule has 3 aliphatic rings. The van der Waals surface area contributed by atoms with Crippen LogP contribution in [0.1, 0.15) is 52.4 Å². The van der Waals surface area contributed by atoms with E-state index in [1.807, 2.05) is 12.1 Å². The normalized spacial score (nSPS) is 25.3. The average Bonchev–Trinajstić information content (AvgIpc) is 3.53. The lowest BCUT2D eigenvalue weighted by atomic mass is 9.73. The molecule has 2 saturated heterocycles. The number of carbonyl (C=O) groups excluding carboxylic acids is 1. The van der Waals surface area contributed by atoms with E-state index < -0.39 is 0 Å². The summed E-state index contributed by atoms with van der Waals surface area (Å²) in [7, 11) is 2.14. The molecule has 37 heavy (non-hydrogen) atoms. The van der Waals surface area contributed by atoms with Crippen molar-refractivity contribution >= 4 is 33.3 Å². The second-order valence-corrected chi connectivity index (χ2v) is 12.8. The van der Waals surface area contributed by atoms with E-state index in [1.54, 1.807) is 6.20 Å². The van der Waals surface area contributed by atoms with Crippen molar-refractivity contribution in [2.24, 2.45) is 11.3 Å². The van der Waals surface area contributed by atoms with Crippen LogP contribution in [0.4, 0.5) is 16.1 Å². The minimum absolute atomic E-state index is 0.00973. The SMILES string of the molecule is CN1CCN(CC2CCC(C)(C)CC2)C[C@H]1CC(=O)Nc1nnc(N[C@@H]2CCN(c3cccnn3)C2)s1. The van der Waals surface area contributed by atoms with E-state index in [-0.39, 0.29) is 18.0 Å². The summed E-state index contributed by atoms with van der Waals surface area (Å²) in [6, 6.07) is 4.37. The largest absolute Gasteiger partial charge is 0.355 e. The summed E-state index contributed by atoms with van der Waals surface area (Å²) in [5.74, 6) is 1.70. The van der Waals surface area contributed by atoms with E-state index in [9.17, 15) is 4.79 Å². The van der Waals surface area contributed by atoms with Gasteiger partial charge in [0.15, 0.2) is 5.82 Å². The van der Waals surface area contributed by atoms with Crippen molar-refractivity contribution < 1.29 is 4.79 Å². The molecular weight excluding hydrogens is 486 g/mol. The molecule has 1 aliphatic carbocycles. The molecule has 2 aromatic heterocycles. The molecule has 1 saturated carbocycles. The minimum Gasteiger partial charge on any atom is -0.355 e. The molecule has 4 heterocycles. The van der Waals surface area contributed by atoms with Gasteiger partial charge in [-0.3, -0.25) is 4.79 Å². The second kappa shape index (κ2) is 11.6. The monoisotopic (exact) mass is 527 g/mol. The number of anilines is 3. The molecule has 2 aromatic rings. The summed E-state index contributed by atoms with van der Waals surface area (Å²) >= 11 is 1.40. The molecule has 10 nitrogen and oxygen atoms in total. The van der Waals surface area contributed by atoms with E-state index in [1.165, 1.54) is 43.6 Å². The number of rotatable bonds is 8. The van der Waals surface area contributed by atoms with Gasteiger partial charge < -0.3 is 25.3 Å². The third-order valence-electron chi connectivity index (χ3n) is 8.33. The molecule has 5 rings (SSSR count). The molecule has 0 spiro atoms. The first-order valence-corrected chi connectivity index (χ1v) is 14.5. The lowest BCUT2D eigenvalue weighted by Gasteiger charge is -2.42. The first-order chi connectivity index (χ1) is 17.8. The van der Waals surface area contributed by atoms with Crippen LogP contribution in [-0.2, 0) is 4.79 Å². The van der Waals surface area contributed by atoms with Gasteiger partial charge in [-0.25, -0.2) is 0 Å². The number of hydrogen-bond acceptors (Lipinski definition) is 10. The first kappa shape index (κ1) is 26.2. The zero-order chi connectivity index (χ0) is 25.8. The van der Waals surface area contributed by atoms with Crippen molar-refractivity contribution in [1.29, 1.82) is 0 Å². The number of amides is 1. The second-order valence-electron chi connectivity index (χ2n) is 11.8. The maximum atomic E-state index is 12.9. The van der Waals surface area contributed by atoms with E-state index in [0.717, 1.165) is 56.0 Å². The van der Waals surface area contributed by atoms with Crippen LogP contribution in [0.2, 0.25) is 0 Å². The van der Waals surface area contributed by atoms with Crippen LogP contribution in [0, 0.1) is 11.3 Å². The topological polar surface area (TPSA) is 102 Å². The average molecular weight is 528 g/mol. The summed E-state index contributed by atoms with van der Waals surface area (Å²) in [6.45, 7) is 10.8. The Balaban J connectivity index is 1.06. The lowest BCUT2D eigenvalue weighted by Crippen LogP contribution is -2.53. The summed E-state index contributed by atoms with van der Waals surface area (Å²) in [5, 5.41) is 24.4. The van der Waals surface area contributed by atoms with Crippen LogP contribution >= 0.6 is 11.3 Å². The zero-order valence-corrected chi connectivity index (χ0v) is 23.2. The number of nitrogens with zero attached hydrogens (tertiary/aromatic N) is 7. The molecule has 3 fully saturated rings. The maximum Gasteiger partial charge on any atom is 0.227 e. The Morgan fingerprint density at radius 3 is 2.68 bits per heavy atom. The Morgan fingerprint density at radius 2 is 1.89 bits per heavy atom. The van der Waals surface area contributed by atoms with Gasteiger partial charge in [0.05, 0.1) is 0 Å². The number of piperazine rings is 1. The van der Waals surface area contributed by atoms with E-state index in [0.29, 0.717) is 17.0 Å². The Labute approximate surface area is 224 Å². The van der Waals surface area contributed by atoms with Gasteiger partial charge >= 0.3 is 0 Å². The molecule has 2 N–H and O–H groups in total. The van der Waals surface area contributed by atoms with Crippen LogP contribution in [0.25, 0.3) is 0 Å². The summed E-state index contributed by atoms with van der Waals surface area (Å²) in [5.41, 5.74) is 0.508. The molecule has 0 unspecified atom stereocenters. The van der Waals surface area contributed by atoms with Gasteiger partial charge in [-0.2, -0.15) is 5.10 Å². The van der Waals surface area contributed by atoms with Crippen LogP contribution in [0.5, 0.6) is 0 Å². The fourth-order valence-electron chi connectivity index (χ4n) is 5.84. The summed E-state index contributed by atoms with van der Waals surface area (Å²) in [6.07, 6.45) is 8.47. The van der Waals surface area contributed by atoms with E-state index >= 15 is 0 Å². The molecule has 0 radical (unpaired) electrons. The van der Waals surface area contributed by atoms with Crippen LogP contribution < -0.4 is 15.5 Å². The van der Waals surface area contributed by atoms with Gasteiger partial charge in [0.2, 0.25) is 16.2 Å². The fraction of sp³-hybridized carbons (Fsp3) is 0.731. The van der Waals surface area contributed by atoms with Gasteiger partial charge in [-0.15, -0.1) is 15.3 Å². The molecule has 1 amide bonds. The zero-order valence-electron chi connectivity index (χ0n) is 22.4. The molecule has 2 aliphatic heterocycles. The van der Waals surface area contributed by atoms with Gasteiger partial charge in [0, 0.05) is 64.0 Å². The van der Waals surface area contributed by atoms with Crippen LogP contribution in [0.3, 0.4) is 0 Å². The maximum absolute atomic E-state index is 12.9. The molecule has 202 valence electrons. The lowest BCUT2D eigenvalue weighted by molar-refractivity contribution is -0.117. The van der Waals surface area contributed by atoms with E-state index in [4.69, 9.17) is 0 Å². The smallest absolute Gasteiger partial charge is 0.227 e. The van der Waals surface area contributed by atoms with Gasteiger partial charge in [-0.1, -0.05) is 25.2 Å². The predicted octanol–water partition coefficient (Wildman–Crippen LogP) is 3.18. The Bertz CT molecular complexity index is 1020. The highest BCUT2D eigenvalue weighted by Gasteiger charge is 2.31. The van der Waals surface area contributed by atoms with Gasteiger partial charge in [-0.05, 0) is 62.6 Å². The van der Waals surface area contributed by atoms with Crippen molar-refractivity contribution in [2.75, 3.05) is 61.8 Å². The summed E-state index contributed by atoms with van der Waals surface area (Å²) < 4.78 is 0. The van der Waals surface area contributed by atoms with Crippen molar-refractivity contribution in [2.45, 2.75) is 64.5 Å². The van der Waals surface area contributed by atoms with Crippen molar-refractivity contribution in [3.05, 3.63) is 18.3 Å². The summed E-state index contributed by atoms with van der Waals surface area (Å²) in [4.78, 5) is 20.0. The predicted molar refractivity (Wildman–Crippen MR) is 148 cm³/mol. The quantitative estimate of drug-likeness (QED) is 0.536. The van der Waals surface area contributed by atoms with Crippen molar-refractivity contribution in [1.82, 2.24) is 30.2 Å².